The minimum Gasteiger partial charge on any atom is -0.381 e. The van der Waals surface area contributed by atoms with Crippen LogP contribution in [0.2, 0.25) is 0 Å². The zero-order chi connectivity index (χ0) is 15.3. The zero-order valence-electron chi connectivity index (χ0n) is 14.5. The molecule has 0 aromatic carbocycles. The highest BCUT2D eigenvalue weighted by Gasteiger charge is 2.36. The first-order chi connectivity index (χ1) is 10.0. The summed E-state index contributed by atoms with van der Waals surface area (Å²) in [5.74, 6) is 0.729. The van der Waals surface area contributed by atoms with Crippen molar-refractivity contribution in [2.75, 3.05) is 60.0 Å². The summed E-state index contributed by atoms with van der Waals surface area (Å²) in [5.41, 5.74) is 0.425. The van der Waals surface area contributed by atoms with Crippen LogP contribution in [0, 0.1) is 11.3 Å². The molecule has 0 saturated carbocycles. The lowest BCUT2D eigenvalue weighted by atomic mass is 9.79. The predicted octanol–water partition coefficient (Wildman–Crippen LogP) is 1.66. The molecule has 124 valence electrons. The molecule has 2 heterocycles. The summed E-state index contributed by atoms with van der Waals surface area (Å²) in [6, 6.07) is 0.741. The Balaban J connectivity index is 1.87. The van der Waals surface area contributed by atoms with E-state index in [1.54, 1.807) is 0 Å². The standard InChI is InChI=1S/C17H35N3O/c1-15(2)11-18-13-17(6-9-21-10-7-17)14-20-8-5-16(12-20)19(3)4/h15-16,18H,5-14H2,1-4H3. The van der Waals surface area contributed by atoms with E-state index in [1.807, 2.05) is 0 Å². The summed E-state index contributed by atoms with van der Waals surface area (Å²) in [6.45, 7) is 12.5. The fourth-order valence-corrected chi connectivity index (χ4v) is 3.67. The maximum absolute atomic E-state index is 5.62. The molecule has 2 aliphatic rings. The number of likely N-dealkylation sites (N-methyl/N-ethyl adjacent to an activating group) is 1. The Kier molecular flexibility index (Phi) is 6.48. The SMILES string of the molecule is CC(C)CNCC1(CN2CCC(N(C)C)C2)CCOCC1. The molecule has 0 amide bonds. The van der Waals surface area contributed by atoms with E-state index >= 15 is 0 Å². The van der Waals surface area contributed by atoms with E-state index in [4.69, 9.17) is 4.74 Å². The van der Waals surface area contributed by atoms with Crippen LogP contribution in [-0.2, 0) is 4.74 Å². The molecule has 1 atom stereocenters. The molecule has 2 rings (SSSR count). The summed E-state index contributed by atoms with van der Waals surface area (Å²) >= 11 is 0. The molecule has 4 nitrogen and oxygen atoms in total. The van der Waals surface area contributed by atoms with Gasteiger partial charge in [0.15, 0.2) is 0 Å². The first kappa shape index (κ1) is 17.2. The molecule has 2 saturated heterocycles. The van der Waals surface area contributed by atoms with Crippen LogP contribution in [-0.4, -0.2) is 75.9 Å². The van der Waals surface area contributed by atoms with Gasteiger partial charge in [-0.15, -0.1) is 0 Å². The molecule has 1 unspecified atom stereocenters. The van der Waals surface area contributed by atoms with E-state index in [1.165, 1.54) is 38.9 Å². The van der Waals surface area contributed by atoms with Crippen molar-refractivity contribution in [3.8, 4) is 0 Å². The minimum atomic E-state index is 0.425. The van der Waals surface area contributed by atoms with Gasteiger partial charge in [-0.05, 0) is 57.8 Å². The second-order valence-electron chi connectivity index (χ2n) is 7.78. The Morgan fingerprint density at radius 2 is 2.00 bits per heavy atom. The molecule has 0 bridgehead atoms. The lowest BCUT2D eigenvalue weighted by Crippen LogP contribution is -2.48. The van der Waals surface area contributed by atoms with Crippen LogP contribution in [0.5, 0.6) is 0 Å². The average Bonchev–Trinajstić information content (AvgIpc) is 2.88. The van der Waals surface area contributed by atoms with Crippen LogP contribution in [0.4, 0.5) is 0 Å². The Labute approximate surface area is 131 Å². The molecule has 0 aliphatic carbocycles. The molecular weight excluding hydrogens is 262 g/mol. The fourth-order valence-electron chi connectivity index (χ4n) is 3.67. The van der Waals surface area contributed by atoms with Gasteiger partial charge in [0.1, 0.15) is 0 Å². The number of hydrogen-bond donors (Lipinski definition) is 1. The minimum absolute atomic E-state index is 0.425. The van der Waals surface area contributed by atoms with Crippen molar-refractivity contribution in [2.24, 2.45) is 11.3 Å². The van der Waals surface area contributed by atoms with Crippen molar-refractivity contribution in [1.29, 1.82) is 0 Å². The first-order valence-electron chi connectivity index (χ1n) is 8.68. The third-order valence-corrected chi connectivity index (χ3v) is 5.14. The molecule has 2 aliphatic heterocycles. The van der Waals surface area contributed by atoms with Crippen LogP contribution < -0.4 is 5.32 Å². The van der Waals surface area contributed by atoms with E-state index in [0.717, 1.165) is 38.3 Å². The molecule has 0 spiro atoms. The van der Waals surface area contributed by atoms with Crippen molar-refractivity contribution in [3.63, 3.8) is 0 Å². The zero-order valence-corrected chi connectivity index (χ0v) is 14.5. The number of ether oxygens (including phenoxy) is 1. The van der Waals surface area contributed by atoms with Gasteiger partial charge in [-0.1, -0.05) is 13.8 Å². The summed E-state index contributed by atoms with van der Waals surface area (Å²) in [7, 11) is 4.42. The van der Waals surface area contributed by atoms with E-state index in [-0.39, 0.29) is 0 Å². The van der Waals surface area contributed by atoms with Crippen LogP contribution >= 0.6 is 0 Å². The number of hydrogen-bond acceptors (Lipinski definition) is 4. The summed E-state index contributed by atoms with van der Waals surface area (Å²) in [6.07, 6.45) is 3.74. The molecule has 21 heavy (non-hydrogen) atoms. The predicted molar refractivity (Wildman–Crippen MR) is 88.7 cm³/mol. The van der Waals surface area contributed by atoms with Gasteiger partial charge in [-0.2, -0.15) is 0 Å². The maximum atomic E-state index is 5.62. The van der Waals surface area contributed by atoms with Gasteiger partial charge in [-0.25, -0.2) is 0 Å². The van der Waals surface area contributed by atoms with Gasteiger partial charge in [0.05, 0.1) is 0 Å². The van der Waals surface area contributed by atoms with Crippen LogP contribution in [0.25, 0.3) is 0 Å². The van der Waals surface area contributed by atoms with Gasteiger partial charge in [0.2, 0.25) is 0 Å². The molecule has 1 N–H and O–H groups in total. The monoisotopic (exact) mass is 297 g/mol. The summed E-state index contributed by atoms with van der Waals surface area (Å²) in [5, 5.41) is 3.71. The lowest BCUT2D eigenvalue weighted by molar-refractivity contribution is -0.00186. The van der Waals surface area contributed by atoms with E-state index in [9.17, 15) is 0 Å². The molecular formula is C17H35N3O. The number of nitrogens with zero attached hydrogens (tertiary/aromatic N) is 2. The van der Waals surface area contributed by atoms with Gasteiger partial charge < -0.3 is 19.9 Å². The number of nitrogens with one attached hydrogen (secondary N) is 1. The van der Waals surface area contributed by atoms with E-state index in [2.05, 4.69) is 43.1 Å². The quantitative estimate of drug-likeness (QED) is 0.773. The molecule has 0 aromatic rings. The van der Waals surface area contributed by atoms with Crippen molar-refractivity contribution in [2.45, 2.75) is 39.2 Å². The Morgan fingerprint density at radius 3 is 2.57 bits per heavy atom. The summed E-state index contributed by atoms with van der Waals surface area (Å²) < 4.78 is 5.62. The molecule has 0 radical (unpaired) electrons. The maximum Gasteiger partial charge on any atom is 0.0472 e. The smallest absolute Gasteiger partial charge is 0.0472 e. The topological polar surface area (TPSA) is 27.7 Å². The van der Waals surface area contributed by atoms with Gasteiger partial charge in [0, 0.05) is 38.9 Å². The van der Waals surface area contributed by atoms with Crippen molar-refractivity contribution in [1.82, 2.24) is 15.1 Å². The highest BCUT2D eigenvalue weighted by atomic mass is 16.5. The van der Waals surface area contributed by atoms with Crippen LogP contribution in [0.3, 0.4) is 0 Å². The molecule has 4 heteroatoms. The summed E-state index contributed by atoms with van der Waals surface area (Å²) in [4.78, 5) is 5.07. The van der Waals surface area contributed by atoms with Crippen LogP contribution in [0.15, 0.2) is 0 Å². The fraction of sp³-hybridized carbons (Fsp3) is 1.00. The molecule has 0 aromatic heterocycles. The van der Waals surface area contributed by atoms with Gasteiger partial charge in [0.25, 0.3) is 0 Å². The van der Waals surface area contributed by atoms with Crippen molar-refractivity contribution < 1.29 is 4.74 Å². The second-order valence-corrected chi connectivity index (χ2v) is 7.78. The third-order valence-electron chi connectivity index (χ3n) is 5.14. The van der Waals surface area contributed by atoms with Gasteiger partial charge in [-0.3, -0.25) is 0 Å². The average molecular weight is 297 g/mol. The number of rotatable bonds is 7. The van der Waals surface area contributed by atoms with Crippen molar-refractivity contribution in [3.05, 3.63) is 0 Å². The lowest BCUT2D eigenvalue weighted by Gasteiger charge is -2.40. The Hall–Kier alpha value is -0.160. The Morgan fingerprint density at radius 1 is 1.29 bits per heavy atom. The van der Waals surface area contributed by atoms with E-state index in [0.29, 0.717) is 5.41 Å². The highest BCUT2D eigenvalue weighted by Crippen LogP contribution is 2.32. The molecule has 2 fully saturated rings. The second kappa shape index (κ2) is 7.91. The van der Waals surface area contributed by atoms with E-state index < -0.39 is 0 Å². The highest BCUT2D eigenvalue weighted by molar-refractivity contribution is 4.91. The van der Waals surface area contributed by atoms with Gasteiger partial charge >= 0.3 is 0 Å². The Bertz CT molecular complexity index is 300. The van der Waals surface area contributed by atoms with Crippen molar-refractivity contribution >= 4 is 0 Å². The normalized spacial score (nSPS) is 26.9. The largest absolute Gasteiger partial charge is 0.381 e. The first-order valence-corrected chi connectivity index (χ1v) is 8.68. The third kappa shape index (κ3) is 5.20. The number of likely N-dealkylation sites (tertiary alicyclic amines) is 1. The van der Waals surface area contributed by atoms with Crippen LogP contribution in [0.1, 0.15) is 33.1 Å².